The van der Waals surface area contributed by atoms with Crippen LogP contribution in [-0.2, 0) is 0 Å². The maximum absolute atomic E-state index is 4.39. The molecule has 1 unspecified atom stereocenters. The zero-order valence-corrected chi connectivity index (χ0v) is 8.54. The molecule has 0 radical (unpaired) electrons. The first-order valence-electron chi connectivity index (χ1n) is 4.82. The summed E-state index contributed by atoms with van der Waals surface area (Å²) in [7, 11) is 0. The van der Waals surface area contributed by atoms with Gasteiger partial charge in [0.25, 0.3) is 0 Å². The molecule has 0 bridgehead atoms. The number of rotatable bonds is 2. The van der Waals surface area contributed by atoms with Gasteiger partial charge in [-0.25, -0.2) is 0 Å². The van der Waals surface area contributed by atoms with Crippen LogP contribution >= 0.6 is 0 Å². The van der Waals surface area contributed by atoms with E-state index in [1.54, 1.807) is 0 Å². The summed E-state index contributed by atoms with van der Waals surface area (Å²) in [5.74, 6) is 2.00. The van der Waals surface area contributed by atoms with Crippen molar-refractivity contribution in [3.8, 4) is 0 Å². The summed E-state index contributed by atoms with van der Waals surface area (Å²) in [5.41, 5.74) is 1.40. The number of hydrogen-bond donors (Lipinski definition) is 0. The minimum absolute atomic E-state index is 0.621. The molecule has 0 amide bonds. The van der Waals surface area contributed by atoms with Gasteiger partial charge in [0.1, 0.15) is 0 Å². The van der Waals surface area contributed by atoms with Gasteiger partial charge in [0.15, 0.2) is 0 Å². The predicted octanol–water partition coefficient (Wildman–Crippen LogP) is 2.93. The van der Waals surface area contributed by atoms with Crippen molar-refractivity contribution in [2.75, 3.05) is 6.54 Å². The Bertz CT molecular complexity index is 199. The van der Waals surface area contributed by atoms with Gasteiger partial charge >= 0.3 is 0 Å². The average molecular weight is 165 g/mol. The zero-order valence-electron chi connectivity index (χ0n) is 8.54. The standard InChI is InChI=1S/C11H19N/c1-8(2)10-5-11(9(3)4)7-12-6-10/h5-6,8-9,11H,7H2,1-4H3. The Balaban J connectivity index is 2.69. The molecule has 1 aliphatic rings. The molecule has 0 saturated carbocycles. The summed E-state index contributed by atoms with van der Waals surface area (Å²) in [6, 6.07) is 0. The zero-order chi connectivity index (χ0) is 9.14. The summed E-state index contributed by atoms with van der Waals surface area (Å²) < 4.78 is 0. The molecular formula is C11H19N. The van der Waals surface area contributed by atoms with Crippen LogP contribution in [0.1, 0.15) is 27.7 Å². The minimum Gasteiger partial charge on any atom is -0.292 e. The van der Waals surface area contributed by atoms with E-state index in [9.17, 15) is 0 Å². The van der Waals surface area contributed by atoms with Gasteiger partial charge in [-0.05, 0) is 23.3 Å². The van der Waals surface area contributed by atoms with Crippen LogP contribution in [0.3, 0.4) is 0 Å². The van der Waals surface area contributed by atoms with Gasteiger partial charge in [0, 0.05) is 12.8 Å². The molecule has 1 nitrogen and oxygen atoms in total. The van der Waals surface area contributed by atoms with Crippen molar-refractivity contribution in [3.63, 3.8) is 0 Å². The lowest BCUT2D eigenvalue weighted by atomic mass is 9.89. The third-order valence-corrected chi connectivity index (χ3v) is 2.49. The second-order valence-electron chi connectivity index (χ2n) is 4.22. The van der Waals surface area contributed by atoms with E-state index < -0.39 is 0 Å². The summed E-state index contributed by atoms with van der Waals surface area (Å²) in [6.07, 6.45) is 4.42. The SMILES string of the molecule is CC(C)C1=CC(C(C)C)CN=C1. The number of dihydropyridines is 1. The summed E-state index contributed by atoms with van der Waals surface area (Å²) >= 11 is 0. The Morgan fingerprint density at radius 1 is 1.33 bits per heavy atom. The molecule has 12 heavy (non-hydrogen) atoms. The van der Waals surface area contributed by atoms with E-state index in [-0.39, 0.29) is 0 Å². The number of hydrogen-bond acceptors (Lipinski definition) is 1. The molecule has 1 rings (SSSR count). The van der Waals surface area contributed by atoms with Crippen LogP contribution in [0.15, 0.2) is 16.6 Å². The fourth-order valence-corrected chi connectivity index (χ4v) is 1.37. The van der Waals surface area contributed by atoms with Crippen LogP contribution < -0.4 is 0 Å². The fourth-order valence-electron chi connectivity index (χ4n) is 1.37. The monoisotopic (exact) mass is 165 g/mol. The van der Waals surface area contributed by atoms with Crippen LogP contribution in [0.2, 0.25) is 0 Å². The lowest BCUT2D eigenvalue weighted by Crippen LogP contribution is -2.15. The first-order chi connectivity index (χ1) is 5.61. The first-order valence-corrected chi connectivity index (χ1v) is 4.82. The quantitative estimate of drug-likeness (QED) is 0.596. The van der Waals surface area contributed by atoms with Crippen LogP contribution in [0.25, 0.3) is 0 Å². The van der Waals surface area contributed by atoms with Crippen molar-refractivity contribution in [2.24, 2.45) is 22.7 Å². The van der Waals surface area contributed by atoms with E-state index in [0.717, 1.165) is 12.5 Å². The molecule has 1 atom stereocenters. The van der Waals surface area contributed by atoms with E-state index >= 15 is 0 Å². The lowest BCUT2D eigenvalue weighted by molar-refractivity contribution is 0.468. The molecule has 0 aromatic heterocycles. The molecule has 0 N–H and O–H groups in total. The van der Waals surface area contributed by atoms with Crippen LogP contribution in [0.5, 0.6) is 0 Å². The molecule has 0 aromatic carbocycles. The predicted molar refractivity (Wildman–Crippen MR) is 54.6 cm³/mol. The topological polar surface area (TPSA) is 12.4 Å². The third-order valence-electron chi connectivity index (χ3n) is 2.49. The Kier molecular flexibility index (Phi) is 3.07. The molecule has 0 saturated heterocycles. The Morgan fingerprint density at radius 2 is 2.00 bits per heavy atom. The molecule has 1 heterocycles. The van der Waals surface area contributed by atoms with Crippen LogP contribution in [0.4, 0.5) is 0 Å². The van der Waals surface area contributed by atoms with Crippen molar-refractivity contribution in [3.05, 3.63) is 11.6 Å². The van der Waals surface area contributed by atoms with E-state index in [1.807, 2.05) is 6.21 Å². The molecule has 1 heteroatoms. The van der Waals surface area contributed by atoms with Crippen LogP contribution in [-0.4, -0.2) is 12.8 Å². The van der Waals surface area contributed by atoms with Gasteiger partial charge in [-0.15, -0.1) is 0 Å². The van der Waals surface area contributed by atoms with Crippen molar-refractivity contribution in [2.45, 2.75) is 27.7 Å². The fraction of sp³-hybridized carbons (Fsp3) is 0.727. The Labute approximate surface area is 75.6 Å². The lowest BCUT2D eigenvalue weighted by Gasteiger charge is -2.20. The maximum Gasteiger partial charge on any atom is 0.0454 e. The van der Waals surface area contributed by atoms with Crippen molar-refractivity contribution in [1.82, 2.24) is 0 Å². The van der Waals surface area contributed by atoms with Crippen LogP contribution in [0, 0.1) is 17.8 Å². The molecule has 0 aromatic rings. The molecule has 0 aliphatic carbocycles. The van der Waals surface area contributed by atoms with Crippen molar-refractivity contribution >= 4 is 6.21 Å². The van der Waals surface area contributed by atoms with E-state index in [0.29, 0.717) is 11.8 Å². The van der Waals surface area contributed by atoms with Crippen molar-refractivity contribution < 1.29 is 0 Å². The maximum atomic E-state index is 4.39. The highest BCUT2D eigenvalue weighted by molar-refractivity contribution is 5.79. The van der Waals surface area contributed by atoms with Gasteiger partial charge < -0.3 is 0 Å². The Morgan fingerprint density at radius 3 is 2.50 bits per heavy atom. The highest BCUT2D eigenvalue weighted by atomic mass is 14.7. The molecule has 1 aliphatic heterocycles. The highest BCUT2D eigenvalue weighted by Gasteiger charge is 2.14. The summed E-state index contributed by atoms with van der Waals surface area (Å²) in [5, 5.41) is 0. The third kappa shape index (κ3) is 2.20. The van der Waals surface area contributed by atoms with Gasteiger partial charge in [0.2, 0.25) is 0 Å². The van der Waals surface area contributed by atoms with Crippen molar-refractivity contribution in [1.29, 1.82) is 0 Å². The molecular weight excluding hydrogens is 146 g/mol. The highest BCUT2D eigenvalue weighted by Crippen LogP contribution is 2.21. The smallest absolute Gasteiger partial charge is 0.0454 e. The van der Waals surface area contributed by atoms with Gasteiger partial charge in [-0.1, -0.05) is 33.8 Å². The molecule has 0 spiro atoms. The van der Waals surface area contributed by atoms with E-state index in [2.05, 4.69) is 38.8 Å². The second kappa shape index (κ2) is 3.88. The normalized spacial score (nSPS) is 23.5. The second-order valence-corrected chi connectivity index (χ2v) is 4.22. The Hall–Kier alpha value is -0.590. The molecule has 0 fully saturated rings. The van der Waals surface area contributed by atoms with Gasteiger partial charge in [0.05, 0.1) is 0 Å². The summed E-state index contributed by atoms with van der Waals surface area (Å²) in [4.78, 5) is 4.39. The number of nitrogens with zero attached hydrogens (tertiary/aromatic N) is 1. The van der Waals surface area contributed by atoms with Gasteiger partial charge in [-0.2, -0.15) is 0 Å². The first kappa shape index (κ1) is 9.50. The average Bonchev–Trinajstić information content (AvgIpc) is 2.04. The van der Waals surface area contributed by atoms with Gasteiger partial charge in [-0.3, -0.25) is 4.99 Å². The summed E-state index contributed by atoms with van der Waals surface area (Å²) in [6.45, 7) is 9.95. The largest absolute Gasteiger partial charge is 0.292 e. The number of aliphatic imine (C=N–C) groups is 1. The van der Waals surface area contributed by atoms with E-state index in [1.165, 1.54) is 5.57 Å². The molecule has 68 valence electrons. The number of allylic oxidation sites excluding steroid dienone is 1. The minimum atomic E-state index is 0.621. The van der Waals surface area contributed by atoms with E-state index in [4.69, 9.17) is 0 Å².